The number of nitrogens with zero attached hydrogens (tertiary/aromatic N) is 8. The van der Waals surface area contributed by atoms with Gasteiger partial charge in [-0.1, -0.05) is 23.9 Å². The van der Waals surface area contributed by atoms with Crippen LogP contribution in [0.5, 0.6) is 0 Å². The van der Waals surface area contributed by atoms with Crippen molar-refractivity contribution >= 4 is 46.1 Å². The van der Waals surface area contributed by atoms with Crippen molar-refractivity contribution in [2.75, 3.05) is 36.2 Å². The summed E-state index contributed by atoms with van der Waals surface area (Å²) < 4.78 is 1.71. The van der Waals surface area contributed by atoms with Gasteiger partial charge in [-0.25, -0.2) is 19.5 Å². The second-order valence-electron chi connectivity index (χ2n) is 7.57. The molecule has 10 heteroatoms. The molecule has 1 aliphatic rings. The van der Waals surface area contributed by atoms with Gasteiger partial charge >= 0.3 is 0 Å². The Balaban J connectivity index is 1.53. The first-order valence-corrected chi connectivity index (χ1v) is 11.2. The number of carbonyl (C=O) groups excluding carboxylic acids is 1. The molecule has 0 saturated carbocycles. The Bertz CT molecular complexity index is 1330. The maximum absolute atomic E-state index is 13.4. The number of benzene rings is 1. The van der Waals surface area contributed by atoms with E-state index in [0.717, 1.165) is 33.8 Å². The summed E-state index contributed by atoms with van der Waals surface area (Å²) in [5.74, 6) is 1.85. The predicted molar refractivity (Wildman–Crippen MR) is 121 cm³/mol. The van der Waals surface area contributed by atoms with Crippen LogP contribution in [-0.4, -0.2) is 61.9 Å². The minimum absolute atomic E-state index is 0.0310. The molecule has 4 heterocycles. The average molecular weight is 435 g/mol. The van der Waals surface area contributed by atoms with Crippen molar-refractivity contribution in [3.05, 3.63) is 41.2 Å². The molecule has 0 bridgehead atoms. The van der Waals surface area contributed by atoms with Gasteiger partial charge in [0.2, 0.25) is 11.1 Å². The Labute approximate surface area is 183 Å². The molecule has 3 aromatic heterocycles. The summed E-state index contributed by atoms with van der Waals surface area (Å²) in [6.07, 6.45) is 2.14. The summed E-state index contributed by atoms with van der Waals surface area (Å²) in [7, 11) is 1.98. The summed E-state index contributed by atoms with van der Waals surface area (Å²) in [5.41, 5.74) is 4.13. The van der Waals surface area contributed by atoms with Crippen molar-refractivity contribution in [3.63, 3.8) is 0 Å². The lowest BCUT2D eigenvalue weighted by Crippen LogP contribution is -2.44. The Morgan fingerprint density at radius 2 is 1.74 bits per heavy atom. The van der Waals surface area contributed by atoms with Gasteiger partial charge in [-0.3, -0.25) is 9.69 Å². The molecule has 0 saturated heterocycles. The Morgan fingerprint density at radius 1 is 1.03 bits per heavy atom. The maximum atomic E-state index is 13.4. The minimum Gasteiger partial charge on any atom is -0.355 e. The number of fused-ring (bicyclic) bond motifs is 3. The largest absolute Gasteiger partial charge is 0.355 e. The van der Waals surface area contributed by atoms with Crippen LogP contribution in [0, 0.1) is 13.8 Å². The van der Waals surface area contributed by atoms with Crippen LogP contribution in [0.25, 0.3) is 16.8 Å². The topological polar surface area (TPSA) is 92.4 Å². The molecule has 1 aliphatic heterocycles. The Hall–Kier alpha value is -3.27. The molecular formula is C21H22N8OS. The Kier molecular flexibility index (Phi) is 4.73. The van der Waals surface area contributed by atoms with E-state index >= 15 is 0 Å². The number of anilines is 2. The van der Waals surface area contributed by atoms with Crippen LogP contribution in [0.15, 0.2) is 29.4 Å². The second kappa shape index (κ2) is 7.45. The number of rotatable bonds is 3. The van der Waals surface area contributed by atoms with E-state index < -0.39 is 0 Å². The summed E-state index contributed by atoms with van der Waals surface area (Å²) in [4.78, 5) is 35.7. The second-order valence-corrected chi connectivity index (χ2v) is 8.35. The first-order valence-electron chi connectivity index (χ1n) is 10.0. The smallest absolute Gasteiger partial charge is 0.253 e. The highest BCUT2D eigenvalue weighted by Gasteiger charge is 2.29. The number of thioether (sulfide) groups is 1. The number of hydrogen-bond donors (Lipinski definition) is 0. The zero-order valence-electron chi connectivity index (χ0n) is 17.8. The molecule has 0 spiro atoms. The van der Waals surface area contributed by atoms with Crippen molar-refractivity contribution < 1.29 is 4.79 Å². The summed E-state index contributed by atoms with van der Waals surface area (Å²) in [6.45, 7) is 5.12. The van der Waals surface area contributed by atoms with E-state index in [4.69, 9.17) is 9.97 Å². The summed E-state index contributed by atoms with van der Waals surface area (Å²) >= 11 is 1.47. The number of aromatic nitrogens is 6. The van der Waals surface area contributed by atoms with Gasteiger partial charge in [-0.2, -0.15) is 4.98 Å². The first-order chi connectivity index (χ1) is 15.0. The van der Waals surface area contributed by atoms with Gasteiger partial charge < -0.3 is 4.90 Å². The monoisotopic (exact) mass is 434 g/mol. The molecule has 0 radical (unpaired) electrons. The molecule has 1 aromatic carbocycles. The third kappa shape index (κ3) is 3.27. The van der Waals surface area contributed by atoms with Crippen LogP contribution in [0.3, 0.4) is 0 Å². The third-order valence-corrected chi connectivity index (χ3v) is 6.19. The quantitative estimate of drug-likeness (QED) is 0.454. The van der Waals surface area contributed by atoms with E-state index in [1.165, 1.54) is 11.8 Å². The number of aryl methyl sites for hydroxylation is 2. The lowest BCUT2D eigenvalue weighted by atomic mass is 10.1. The Morgan fingerprint density at radius 3 is 2.45 bits per heavy atom. The molecule has 0 fully saturated rings. The highest BCUT2D eigenvalue weighted by molar-refractivity contribution is 7.98. The van der Waals surface area contributed by atoms with E-state index in [1.54, 1.807) is 9.42 Å². The van der Waals surface area contributed by atoms with Gasteiger partial charge in [0.1, 0.15) is 0 Å². The molecule has 0 unspecified atom stereocenters. The summed E-state index contributed by atoms with van der Waals surface area (Å²) in [5, 5.41) is 5.15. The van der Waals surface area contributed by atoms with Crippen LogP contribution >= 0.6 is 11.8 Å². The van der Waals surface area contributed by atoms with Gasteiger partial charge in [0.15, 0.2) is 11.6 Å². The van der Waals surface area contributed by atoms with Gasteiger partial charge in [-0.05, 0) is 32.2 Å². The summed E-state index contributed by atoms with van der Waals surface area (Å²) in [6, 6.07) is 7.72. The fraction of sp³-hybridized carbons (Fsp3) is 0.333. The van der Waals surface area contributed by atoms with Crippen LogP contribution in [0.2, 0.25) is 0 Å². The lowest BCUT2D eigenvalue weighted by molar-refractivity contribution is -0.118. The molecule has 0 atom stereocenters. The highest BCUT2D eigenvalue weighted by Crippen LogP contribution is 2.31. The fourth-order valence-electron chi connectivity index (χ4n) is 3.90. The zero-order valence-corrected chi connectivity index (χ0v) is 18.6. The van der Waals surface area contributed by atoms with Crippen molar-refractivity contribution in [1.82, 2.24) is 29.5 Å². The van der Waals surface area contributed by atoms with Crippen molar-refractivity contribution in [3.8, 4) is 0 Å². The van der Waals surface area contributed by atoms with E-state index in [-0.39, 0.29) is 12.3 Å². The predicted octanol–water partition coefficient (Wildman–Crippen LogP) is 2.43. The van der Waals surface area contributed by atoms with Gasteiger partial charge in [-0.15, -0.1) is 5.10 Å². The van der Waals surface area contributed by atoms with Crippen LogP contribution < -0.4 is 9.80 Å². The van der Waals surface area contributed by atoms with E-state index in [9.17, 15) is 4.79 Å². The van der Waals surface area contributed by atoms with Crippen molar-refractivity contribution in [2.24, 2.45) is 0 Å². The lowest BCUT2D eigenvalue weighted by Gasteiger charge is -2.34. The van der Waals surface area contributed by atoms with E-state index in [1.807, 2.05) is 56.3 Å². The van der Waals surface area contributed by atoms with Gasteiger partial charge in [0.05, 0.1) is 17.5 Å². The van der Waals surface area contributed by atoms with Crippen LogP contribution in [0.4, 0.5) is 11.6 Å². The maximum Gasteiger partial charge on any atom is 0.253 e. The number of amides is 1. The molecule has 1 amide bonds. The van der Waals surface area contributed by atoms with E-state index in [2.05, 4.69) is 15.1 Å². The standard InChI is InChI=1S/C21H22N8OS/c1-12-14(13(2)29-20(22-12)25-21(26-29)31-4)11-17(30)28-10-9-27(3)18-19(28)24-16-8-6-5-7-15(16)23-18/h5-8H,9-11H2,1-4H3. The third-order valence-electron chi connectivity index (χ3n) is 5.65. The molecule has 9 nitrogen and oxygen atoms in total. The van der Waals surface area contributed by atoms with E-state index in [0.29, 0.717) is 29.8 Å². The zero-order chi connectivity index (χ0) is 21.7. The molecule has 4 aromatic rings. The highest BCUT2D eigenvalue weighted by atomic mass is 32.2. The normalized spacial score (nSPS) is 13.8. The van der Waals surface area contributed by atoms with Crippen molar-refractivity contribution in [1.29, 1.82) is 0 Å². The van der Waals surface area contributed by atoms with Crippen LogP contribution in [-0.2, 0) is 11.2 Å². The fourth-order valence-corrected chi connectivity index (χ4v) is 4.24. The number of para-hydroxylation sites is 2. The molecule has 0 aliphatic carbocycles. The molecular weight excluding hydrogens is 412 g/mol. The van der Waals surface area contributed by atoms with Gasteiger partial charge in [0, 0.05) is 37.1 Å². The van der Waals surface area contributed by atoms with Crippen LogP contribution in [0.1, 0.15) is 17.0 Å². The molecule has 0 N–H and O–H groups in total. The SMILES string of the molecule is CSc1nc2nc(C)c(CC(=O)N3CCN(C)c4nc5ccccc5nc43)c(C)n2n1. The molecule has 158 valence electrons. The number of likely N-dealkylation sites (N-methyl/N-ethyl adjacent to an activating group) is 1. The first kappa shape index (κ1) is 19.7. The molecule has 5 rings (SSSR count). The molecule has 31 heavy (non-hydrogen) atoms. The average Bonchev–Trinajstić information content (AvgIpc) is 3.19. The minimum atomic E-state index is -0.0310. The van der Waals surface area contributed by atoms with Crippen molar-refractivity contribution in [2.45, 2.75) is 25.4 Å². The van der Waals surface area contributed by atoms with Gasteiger partial charge in [0.25, 0.3) is 5.78 Å². The number of hydrogen-bond acceptors (Lipinski definition) is 8. The number of carbonyl (C=O) groups is 1.